The molecule has 1 aliphatic heterocycles. The number of nitrogens with zero attached hydrogens (tertiary/aromatic N) is 2. The molecular weight excluding hydrogens is 254 g/mol. The first-order valence-corrected chi connectivity index (χ1v) is 6.77. The molecule has 0 fully saturated rings. The topological polar surface area (TPSA) is 54.4 Å². The minimum Gasteiger partial charge on any atom is -0.302 e. The predicted molar refractivity (Wildman–Crippen MR) is 64.0 cm³/mol. The third-order valence-corrected chi connectivity index (χ3v) is 4.03. The van der Waals surface area contributed by atoms with Gasteiger partial charge in [-0.15, -0.1) is 0 Å². The van der Waals surface area contributed by atoms with Crippen molar-refractivity contribution in [1.29, 1.82) is 0 Å². The molecule has 0 bridgehead atoms. The van der Waals surface area contributed by atoms with Gasteiger partial charge in [-0.3, -0.25) is 4.21 Å². The number of aromatic nitrogens is 1. The van der Waals surface area contributed by atoms with Gasteiger partial charge in [-0.25, -0.2) is 9.98 Å². The van der Waals surface area contributed by atoms with E-state index in [-0.39, 0.29) is 0 Å². The Morgan fingerprint density at radius 1 is 1.67 bits per heavy atom. The number of amidine groups is 1. The van der Waals surface area contributed by atoms with Gasteiger partial charge in [0.1, 0.15) is 0 Å². The largest absolute Gasteiger partial charge is 0.302 e. The van der Waals surface area contributed by atoms with E-state index in [2.05, 4.69) is 14.7 Å². The molecule has 0 aromatic carbocycles. The van der Waals surface area contributed by atoms with E-state index in [1.807, 2.05) is 6.92 Å². The van der Waals surface area contributed by atoms with Gasteiger partial charge in [0, 0.05) is 11.9 Å². The van der Waals surface area contributed by atoms with Crippen molar-refractivity contribution in [3.63, 3.8) is 0 Å². The van der Waals surface area contributed by atoms with Crippen LogP contribution >= 0.6 is 23.5 Å². The highest BCUT2D eigenvalue weighted by atomic mass is 35.5. The van der Waals surface area contributed by atoms with Crippen LogP contribution in [0.15, 0.2) is 22.2 Å². The molecular formula is C8H8ClN3OS2. The number of rotatable bonds is 1. The lowest BCUT2D eigenvalue weighted by Crippen LogP contribution is -2.24. The summed E-state index contributed by atoms with van der Waals surface area (Å²) in [7, 11) is -1.08. The Morgan fingerprint density at radius 2 is 2.47 bits per heavy atom. The highest BCUT2D eigenvalue weighted by Gasteiger charge is 2.17. The van der Waals surface area contributed by atoms with Crippen molar-refractivity contribution in [3.05, 3.63) is 17.3 Å². The standard InChI is InChI=1S/C8H8ClN3OS2/c1-2-15(13)8-11-7-6(14-12-8)3-5(9)4-10-7/h3-4H,2H2,1H3,(H,10,11,12). The molecule has 0 radical (unpaired) electrons. The van der Waals surface area contributed by atoms with Gasteiger partial charge in [0.15, 0.2) is 5.82 Å². The average molecular weight is 262 g/mol. The van der Waals surface area contributed by atoms with Crippen molar-refractivity contribution < 1.29 is 4.21 Å². The summed E-state index contributed by atoms with van der Waals surface area (Å²) in [5, 5.41) is 1.03. The number of nitrogens with one attached hydrogen (secondary N) is 1. The van der Waals surface area contributed by atoms with E-state index >= 15 is 0 Å². The highest BCUT2D eigenvalue weighted by Crippen LogP contribution is 2.31. The molecule has 1 N–H and O–H groups in total. The van der Waals surface area contributed by atoms with Crippen LogP contribution in [-0.2, 0) is 10.8 Å². The number of hydrogen-bond acceptors (Lipinski definition) is 5. The van der Waals surface area contributed by atoms with Crippen LogP contribution in [-0.4, -0.2) is 20.1 Å². The van der Waals surface area contributed by atoms with Crippen molar-refractivity contribution in [3.8, 4) is 0 Å². The van der Waals surface area contributed by atoms with Gasteiger partial charge in [0.05, 0.1) is 20.7 Å². The molecule has 2 rings (SSSR count). The summed E-state index contributed by atoms with van der Waals surface area (Å²) in [5.41, 5.74) is 0. The summed E-state index contributed by atoms with van der Waals surface area (Å²) in [6, 6.07) is 1.77. The second kappa shape index (κ2) is 4.51. The Hall–Kier alpha value is -0.590. The zero-order valence-corrected chi connectivity index (χ0v) is 10.2. The minimum atomic E-state index is -1.08. The van der Waals surface area contributed by atoms with Crippen LogP contribution in [0.3, 0.4) is 0 Å². The molecule has 1 aromatic rings. The van der Waals surface area contributed by atoms with Gasteiger partial charge < -0.3 is 4.72 Å². The molecule has 1 aliphatic rings. The van der Waals surface area contributed by atoms with Gasteiger partial charge in [-0.05, 0) is 18.0 Å². The summed E-state index contributed by atoms with van der Waals surface area (Å²) < 4.78 is 14.4. The SMILES string of the molecule is CCS(=O)C1=Nc2ncc(Cl)cc2SN1. The zero-order chi connectivity index (χ0) is 10.8. The molecule has 2 heterocycles. The maximum atomic E-state index is 11.5. The smallest absolute Gasteiger partial charge is 0.204 e. The van der Waals surface area contributed by atoms with Crippen LogP contribution < -0.4 is 4.72 Å². The summed E-state index contributed by atoms with van der Waals surface area (Å²) in [4.78, 5) is 9.09. The fourth-order valence-corrected chi connectivity index (χ4v) is 2.82. The lowest BCUT2D eigenvalue weighted by molar-refractivity contribution is 0.690. The number of pyridine rings is 1. The predicted octanol–water partition coefficient (Wildman–Crippen LogP) is 2.10. The maximum absolute atomic E-state index is 11.5. The van der Waals surface area contributed by atoms with Crippen molar-refractivity contribution in [1.82, 2.24) is 9.71 Å². The number of aliphatic imine (C=N–C) groups is 1. The quantitative estimate of drug-likeness (QED) is 0.787. The molecule has 80 valence electrons. The number of hydrogen-bond donors (Lipinski definition) is 1. The summed E-state index contributed by atoms with van der Waals surface area (Å²) >= 11 is 7.12. The maximum Gasteiger partial charge on any atom is 0.204 e. The molecule has 0 spiro atoms. The minimum absolute atomic E-state index is 0.463. The number of fused-ring (bicyclic) bond motifs is 1. The van der Waals surface area contributed by atoms with Gasteiger partial charge in [-0.2, -0.15) is 0 Å². The molecule has 1 aromatic heterocycles. The van der Waals surface area contributed by atoms with Crippen LogP contribution in [0.4, 0.5) is 5.82 Å². The molecule has 15 heavy (non-hydrogen) atoms. The van der Waals surface area contributed by atoms with E-state index < -0.39 is 10.8 Å². The molecule has 0 amide bonds. The van der Waals surface area contributed by atoms with Gasteiger partial charge in [-0.1, -0.05) is 18.5 Å². The Balaban J connectivity index is 2.37. The zero-order valence-electron chi connectivity index (χ0n) is 7.86. The molecule has 0 aliphatic carbocycles. The summed E-state index contributed by atoms with van der Waals surface area (Å²) in [6.07, 6.45) is 1.53. The Kier molecular flexibility index (Phi) is 3.28. The van der Waals surface area contributed by atoms with Gasteiger partial charge >= 0.3 is 0 Å². The molecule has 0 saturated carbocycles. The average Bonchev–Trinajstić information content (AvgIpc) is 2.27. The van der Waals surface area contributed by atoms with E-state index in [4.69, 9.17) is 11.6 Å². The van der Waals surface area contributed by atoms with Crippen molar-refractivity contribution in [2.24, 2.45) is 4.99 Å². The molecule has 0 saturated heterocycles. The van der Waals surface area contributed by atoms with E-state index in [1.54, 1.807) is 6.07 Å². The van der Waals surface area contributed by atoms with Crippen LogP contribution in [0.2, 0.25) is 5.02 Å². The third-order valence-electron chi connectivity index (χ3n) is 1.73. The monoisotopic (exact) mass is 261 g/mol. The molecule has 4 nitrogen and oxygen atoms in total. The fourth-order valence-electron chi connectivity index (χ4n) is 1.02. The van der Waals surface area contributed by atoms with Crippen LogP contribution in [0.5, 0.6) is 0 Å². The molecule has 1 atom stereocenters. The van der Waals surface area contributed by atoms with Crippen molar-refractivity contribution >= 4 is 45.3 Å². The van der Waals surface area contributed by atoms with E-state index in [0.29, 0.717) is 21.8 Å². The highest BCUT2D eigenvalue weighted by molar-refractivity contribution is 8.05. The first-order valence-electron chi connectivity index (χ1n) is 4.26. The third kappa shape index (κ3) is 2.32. The van der Waals surface area contributed by atoms with Crippen LogP contribution in [0.25, 0.3) is 0 Å². The summed E-state index contributed by atoms with van der Waals surface area (Å²) in [5.74, 6) is 1.11. The first-order chi connectivity index (χ1) is 7.20. The Bertz CT molecular complexity index is 450. The Labute approximate surface area is 99.1 Å². The number of halogens is 1. The van der Waals surface area contributed by atoms with E-state index in [9.17, 15) is 4.21 Å². The van der Waals surface area contributed by atoms with Crippen LogP contribution in [0.1, 0.15) is 6.92 Å². The summed E-state index contributed by atoms with van der Waals surface area (Å²) in [6.45, 7) is 1.84. The van der Waals surface area contributed by atoms with E-state index in [1.165, 1.54) is 18.1 Å². The van der Waals surface area contributed by atoms with Crippen molar-refractivity contribution in [2.75, 3.05) is 5.75 Å². The van der Waals surface area contributed by atoms with Crippen LogP contribution in [0, 0.1) is 0 Å². The van der Waals surface area contributed by atoms with Gasteiger partial charge in [0.2, 0.25) is 5.17 Å². The Morgan fingerprint density at radius 3 is 3.20 bits per heavy atom. The lowest BCUT2D eigenvalue weighted by Gasteiger charge is -2.14. The lowest BCUT2D eigenvalue weighted by atomic mass is 10.4. The molecule has 1 unspecified atom stereocenters. The fraction of sp³-hybridized carbons (Fsp3) is 0.250. The molecule has 7 heteroatoms. The second-order valence-electron chi connectivity index (χ2n) is 2.73. The normalized spacial score (nSPS) is 16.3. The second-order valence-corrected chi connectivity index (χ2v) is 5.67. The van der Waals surface area contributed by atoms with Gasteiger partial charge in [0.25, 0.3) is 0 Å². The van der Waals surface area contributed by atoms with E-state index in [0.717, 1.165) is 4.90 Å². The first kappa shape index (κ1) is 10.9. The van der Waals surface area contributed by atoms with Crippen molar-refractivity contribution in [2.45, 2.75) is 11.8 Å².